The molecule has 2 aromatic heterocycles. The molecule has 0 saturated carbocycles. The molecule has 2 aromatic rings. The standard InChI is InChI=1S/C12H14N4S2/c1-8-10(18-7-15-8)6-16(2)12-9(11(13)17)4-3-5-14-12/h3-5,7H,6H2,1-2H3,(H2,13,17). The first-order chi connectivity index (χ1) is 8.59. The van der Waals surface area contributed by atoms with E-state index in [0.717, 1.165) is 23.6 Å². The second-order valence-electron chi connectivity index (χ2n) is 3.96. The molecule has 18 heavy (non-hydrogen) atoms. The van der Waals surface area contributed by atoms with Crippen molar-refractivity contribution in [2.45, 2.75) is 13.5 Å². The fourth-order valence-corrected chi connectivity index (χ4v) is 2.65. The van der Waals surface area contributed by atoms with Crippen molar-refractivity contribution in [3.8, 4) is 0 Å². The lowest BCUT2D eigenvalue weighted by Crippen LogP contribution is -2.22. The van der Waals surface area contributed by atoms with Crippen LogP contribution in [0.2, 0.25) is 0 Å². The molecule has 0 aliphatic rings. The molecule has 0 aliphatic heterocycles. The molecule has 0 saturated heterocycles. The Morgan fingerprint density at radius 3 is 2.89 bits per heavy atom. The summed E-state index contributed by atoms with van der Waals surface area (Å²) >= 11 is 6.69. The van der Waals surface area contributed by atoms with Crippen molar-refractivity contribution in [2.24, 2.45) is 5.73 Å². The van der Waals surface area contributed by atoms with E-state index >= 15 is 0 Å². The number of aromatic nitrogens is 2. The van der Waals surface area contributed by atoms with Gasteiger partial charge in [-0.1, -0.05) is 12.2 Å². The summed E-state index contributed by atoms with van der Waals surface area (Å²) in [6.07, 6.45) is 1.74. The highest BCUT2D eigenvalue weighted by atomic mass is 32.1. The molecule has 0 bridgehead atoms. The molecular weight excluding hydrogens is 264 g/mol. The number of nitrogens with zero attached hydrogens (tertiary/aromatic N) is 3. The minimum atomic E-state index is 0.367. The van der Waals surface area contributed by atoms with Gasteiger partial charge in [0.1, 0.15) is 10.8 Å². The normalized spacial score (nSPS) is 10.3. The Labute approximate surface area is 115 Å². The van der Waals surface area contributed by atoms with Crippen LogP contribution < -0.4 is 10.6 Å². The fourth-order valence-electron chi connectivity index (χ4n) is 1.66. The highest BCUT2D eigenvalue weighted by molar-refractivity contribution is 7.80. The molecule has 0 radical (unpaired) electrons. The van der Waals surface area contributed by atoms with Gasteiger partial charge in [0.25, 0.3) is 0 Å². The number of aryl methyl sites for hydroxylation is 1. The summed E-state index contributed by atoms with van der Waals surface area (Å²) in [5.74, 6) is 0.804. The van der Waals surface area contributed by atoms with Crippen molar-refractivity contribution in [3.05, 3.63) is 40.0 Å². The van der Waals surface area contributed by atoms with Gasteiger partial charge in [-0.3, -0.25) is 0 Å². The SMILES string of the molecule is Cc1ncsc1CN(C)c1ncccc1C(N)=S. The second-order valence-corrected chi connectivity index (χ2v) is 5.33. The third kappa shape index (κ3) is 2.65. The Bertz CT molecular complexity index is 565. The van der Waals surface area contributed by atoms with Crippen LogP contribution in [0.15, 0.2) is 23.8 Å². The van der Waals surface area contributed by atoms with Gasteiger partial charge in [0.15, 0.2) is 0 Å². The summed E-state index contributed by atoms with van der Waals surface area (Å²) in [6, 6.07) is 3.73. The number of rotatable bonds is 4. The van der Waals surface area contributed by atoms with Gasteiger partial charge in [0.05, 0.1) is 23.3 Å². The minimum absolute atomic E-state index is 0.367. The van der Waals surface area contributed by atoms with Crippen LogP contribution in [0.1, 0.15) is 16.1 Å². The zero-order valence-corrected chi connectivity index (χ0v) is 11.9. The van der Waals surface area contributed by atoms with Crippen LogP contribution in [-0.4, -0.2) is 22.0 Å². The number of thiocarbonyl (C=S) groups is 1. The summed E-state index contributed by atoms with van der Waals surface area (Å²) < 4.78 is 0. The minimum Gasteiger partial charge on any atom is -0.389 e. The lowest BCUT2D eigenvalue weighted by Gasteiger charge is -2.20. The molecule has 2 N–H and O–H groups in total. The van der Waals surface area contributed by atoms with Crippen molar-refractivity contribution < 1.29 is 0 Å². The number of thiazole rings is 1. The van der Waals surface area contributed by atoms with Crippen LogP contribution in [0, 0.1) is 6.92 Å². The number of pyridine rings is 1. The average molecular weight is 278 g/mol. The second kappa shape index (κ2) is 5.41. The van der Waals surface area contributed by atoms with Crippen molar-refractivity contribution in [1.29, 1.82) is 0 Å². The van der Waals surface area contributed by atoms with E-state index in [1.807, 2.05) is 36.5 Å². The van der Waals surface area contributed by atoms with Crippen LogP contribution in [0.3, 0.4) is 0 Å². The third-order valence-corrected chi connectivity index (χ3v) is 3.78. The number of anilines is 1. The fraction of sp³-hybridized carbons (Fsp3) is 0.250. The summed E-state index contributed by atoms with van der Waals surface area (Å²) in [5.41, 5.74) is 9.42. The third-order valence-electron chi connectivity index (χ3n) is 2.64. The Morgan fingerprint density at radius 1 is 1.50 bits per heavy atom. The van der Waals surface area contributed by atoms with Crippen LogP contribution in [0.4, 0.5) is 5.82 Å². The smallest absolute Gasteiger partial charge is 0.138 e. The van der Waals surface area contributed by atoms with E-state index in [0.29, 0.717) is 4.99 Å². The molecule has 0 atom stereocenters. The largest absolute Gasteiger partial charge is 0.389 e. The van der Waals surface area contributed by atoms with Gasteiger partial charge >= 0.3 is 0 Å². The predicted molar refractivity (Wildman–Crippen MR) is 79.1 cm³/mol. The lowest BCUT2D eigenvalue weighted by molar-refractivity contribution is 0.899. The molecule has 0 fully saturated rings. The maximum atomic E-state index is 5.71. The summed E-state index contributed by atoms with van der Waals surface area (Å²) in [7, 11) is 1.98. The van der Waals surface area contributed by atoms with E-state index in [1.165, 1.54) is 4.88 Å². The van der Waals surface area contributed by atoms with Crippen LogP contribution in [0.5, 0.6) is 0 Å². The van der Waals surface area contributed by atoms with E-state index in [4.69, 9.17) is 18.0 Å². The molecule has 0 unspecified atom stereocenters. The Hall–Kier alpha value is -1.53. The molecule has 0 spiro atoms. The Kier molecular flexibility index (Phi) is 3.88. The van der Waals surface area contributed by atoms with Crippen LogP contribution in [-0.2, 0) is 6.54 Å². The summed E-state index contributed by atoms with van der Waals surface area (Å²) in [4.78, 5) is 12.2. The Morgan fingerprint density at radius 2 is 2.28 bits per heavy atom. The molecule has 2 rings (SSSR count). The van der Waals surface area contributed by atoms with Crippen molar-refractivity contribution in [3.63, 3.8) is 0 Å². The molecule has 6 heteroatoms. The first-order valence-corrected chi connectivity index (χ1v) is 6.73. The number of hydrogen-bond acceptors (Lipinski definition) is 5. The molecule has 94 valence electrons. The van der Waals surface area contributed by atoms with E-state index in [-0.39, 0.29) is 0 Å². The van der Waals surface area contributed by atoms with E-state index in [9.17, 15) is 0 Å². The van der Waals surface area contributed by atoms with Crippen LogP contribution in [0.25, 0.3) is 0 Å². The molecule has 4 nitrogen and oxygen atoms in total. The molecular formula is C12H14N4S2. The molecule has 0 aliphatic carbocycles. The van der Waals surface area contributed by atoms with Gasteiger partial charge in [0, 0.05) is 18.1 Å². The van der Waals surface area contributed by atoms with Crippen molar-refractivity contribution in [2.75, 3.05) is 11.9 Å². The highest BCUT2D eigenvalue weighted by Gasteiger charge is 2.12. The van der Waals surface area contributed by atoms with Crippen molar-refractivity contribution >= 4 is 34.4 Å². The molecule has 0 amide bonds. The first kappa shape index (κ1) is 12.9. The molecule has 0 aromatic carbocycles. The van der Waals surface area contributed by atoms with E-state index in [2.05, 4.69) is 9.97 Å². The van der Waals surface area contributed by atoms with Gasteiger partial charge in [-0.15, -0.1) is 11.3 Å². The zero-order valence-electron chi connectivity index (χ0n) is 10.3. The Balaban J connectivity index is 2.26. The highest BCUT2D eigenvalue weighted by Crippen LogP contribution is 2.21. The van der Waals surface area contributed by atoms with Gasteiger partial charge in [-0.2, -0.15) is 0 Å². The maximum Gasteiger partial charge on any atom is 0.138 e. The van der Waals surface area contributed by atoms with Gasteiger partial charge < -0.3 is 10.6 Å². The number of hydrogen-bond donors (Lipinski definition) is 1. The molecule has 2 heterocycles. The lowest BCUT2D eigenvalue weighted by atomic mass is 10.2. The quantitative estimate of drug-likeness (QED) is 0.868. The van der Waals surface area contributed by atoms with E-state index < -0.39 is 0 Å². The summed E-state index contributed by atoms with van der Waals surface area (Å²) in [5, 5.41) is 0. The van der Waals surface area contributed by atoms with Gasteiger partial charge in [-0.05, 0) is 19.1 Å². The topological polar surface area (TPSA) is 55.0 Å². The average Bonchev–Trinajstić information content (AvgIpc) is 2.75. The number of nitrogens with two attached hydrogens (primary N) is 1. The van der Waals surface area contributed by atoms with Gasteiger partial charge in [-0.25, -0.2) is 9.97 Å². The van der Waals surface area contributed by atoms with Gasteiger partial charge in [0.2, 0.25) is 0 Å². The van der Waals surface area contributed by atoms with Crippen LogP contribution >= 0.6 is 23.6 Å². The van der Waals surface area contributed by atoms with Crippen molar-refractivity contribution in [1.82, 2.24) is 9.97 Å². The maximum absolute atomic E-state index is 5.71. The predicted octanol–water partition coefficient (Wildman–Crippen LogP) is 2.12. The monoisotopic (exact) mass is 278 g/mol. The van der Waals surface area contributed by atoms with E-state index in [1.54, 1.807) is 17.5 Å². The first-order valence-electron chi connectivity index (χ1n) is 5.44. The summed E-state index contributed by atoms with van der Waals surface area (Å²) in [6.45, 7) is 2.76. The zero-order chi connectivity index (χ0) is 13.1.